The molecule has 1 heterocycles. The molecule has 2 aromatic carbocycles. The second-order valence-electron chi connectivity index (χ2n) is 4.32. The Balaban J connectivity index is 1.82. The van der Waals surface area contributed by atoms with E-state index in [0.29, 0.717) is 21.4 Å². The number of nitrogens with zero attached hydrogens (tertiary/aromatic N) is 2. The zero-order valence-electron chi connectivity index (χ0n) is 11.0. The van der Waals surface area contributed by atoms with Crippen LogP contribution in [-0.4, -0.2) is 16.0 Å². The van der Waals surface area contributed by atoms with Gasteiger partial charge in [-0.3, -0.25) is 4.79 Å². The number of benzene rings is 2. The van der Waals surface area contributed by atoms with Gasteiger partial charge in [-0.15, -0.1) is 10.2 Å². The first-order chi connectivity index (χ1) is 10.2. The van der Waals surface area contributed by atoms with Crippen LogP contribution in [0.3, 0.4) is 0 Å². The molecule has 0 radical (unpaired) electrons. The highest BCUT2D eigenvalue weighted by Gasteiger charge is 2.17. The molecule has 0 atom stereocenters. The van der Waals surface area contributed by atoms with Gasteiger partial charge in [0.1, 0.15) is 0 Å². The summed E-state index contributed by atoms with van der Waals surface area (Å²) in [6.45, 7) is 0. The molecule has 0 saturated heterocycles. The molecule has 0 aliphatic rings. The topological polar surface area (TPSA) is 80.9 Å². The number of para-hydroxylation sites is 2. The van der Waals surface area contributed by atoms with E-state index in [1.807, 2.05) is 30.3 Å². The monoisotopic (exact) mass is 296 g/mol. The molecule has 1 aromatic heterocycles. The van der Waals surface area contributed by atoms with E-state index < -0.39 is 0 Å². The molecule has 3 N–H and O–H groups in total. The second kappa shape index (κ2) is 5.72. The Kier molecular flexibility index (Phi) is 3.61. The molecule has 0 aliphatic carbocycles. The Bertz CT molecular complexity index is 770. The highest BCUT2D eigenvalue weighted by molar-refractivity contribution is 7.17. The summed E-state index contributed by atoms with van der Waals surface area (Å²) in [5.41, 5.74) is 7.59. The van der Waals surface area contributed by atoms with Crippen LogP contribution in [0, 0.1) is 0 Å². The fourth-order valence-electron chi connectivity index (χ4n) is 1.83. The molecule has 0 amide bonds. The molecule has 6 heteroatoms. The van der Waals surface area contributed by atoms with Gasteiger partial charge in [0.2, 0.25) is 10.9 Å². The SMILES string of the molecule is Nc1ccccc1C(=O)c1nnc(Nc2ccccc2)s1. The van der Waals surface area contributed by atoms with Crippen LogP contribution in [0.25, 0.3) is 0 Å². The summed E-state index contributed by atoms with van der Waals surface area (Å²) in [4.78, 5) is 12.3. The van der Waals surface area contributed by atoms with Crippen molar-refractivity contribution in [1.29, 1.82) is 0 Å². The lowest BCUT2D eigenvalue weighted by atomic mass is 10.1. The second-order valence-corrected chi connectivity index (χ2v) is 5.30. The van der Waals surface area contributed by atoms with Crippen molar-refractivity contribution in [2.24, 2.45) is 0 Å². The number of nitrogens with one attached hydrogen (secondary N) is 1. The van der Waals surface area contributed by atoms with Crippen molar-refractivity contribution in [2.45, 2.75) is 0 Å². The molecule has 0 fully saturated rings. The molecule has 21 heavy (non-hydrogen) atoms. The number of ketones is 1. The number of nitrogen functional groups attached to an aromatic ring is 1. The maximum Gasteiger partial charge on any atom is 0.225 e. The molecule has 0 aliphatic heterocycles. The molecule has 5 nitrogen and oxygen atoms in total. The Morgan fingerprint density at radius 1 is 1.00 bits per heavy atom. The summed E-state index contributed by atoms with van der Waals surface area (Å²) in [6.07, 6.45) is 0. The van der Waals surface area contributed by atoms with Crippen molar-refractivity contribution in [3.8, 4) is 0 Å². The molecule has 3 aromatic rings. The molecular weight excluding hydrogens is 284 g/mol. The van der Waals surface area contributed by atoms with Gasteiger partial charge >= 0.3 is 0 Å². The predicted molar refractivity (Wildman–Crippen MR) is 83.9 cm³/mol. The minimum absolute atomic E-state index is 0.216. The van der Waals surface area contributed by atoms with Crippen LogP contribution in [0.15, 0.2) is 54.6 Å². The van der Waals surface area contributed by atoms with Crippen LogP contribution in [0.4, 0.5) is 16.5 Å². The maximum absolute atomic E-state index is 12.3. The molecule has 3 rings (SSSR count). The van der Waals surface area contributed by atoms with E-state index in [2.05, 4.69) is 15.5 Å². The van der Waals surface area contributed by atoms with E-state index >= 15 is 0 Å². The normalized spacial score (nSPS) is 10.3. The number of carbonyl (C=O) groups is 1. The fourth-order valence-corrected chi connectivity index (χ4v) is 2.55. The first kappa shape index (κ1) is 13.3. The third kappa shape index (κ3) is 2.90. The quantitative estimate of drug-likeness (QED) is 0.571. The molecule has 0 saturated carbocycles. The average Bonchev–Trinajstić information content (AvgIpc) is 2.97. The van der Waals surface area contributed by atoms with Crippen LogP contribution in [0.5, 0.6) is 0 Å². The largest absolute Gasteiger partial charge is 0.398 e. The maximum atomic E-state index is 12.3. The van der Waals surface area contributed by atoms with Gasteiger partial charge in [0.05, 0.1) is 0 Å². The van der Waals surface area contributed by atoms with Gasteiger partial charge in [0.25, 0.3) is 0 Å². The fraction of sp³-hybridized carbons (Fsp3) is 0. The zero-order valence-corrected chi connectivity index (χ0v) is 11.8. The zero-order chi connectivity index (χ0) is 14.7. The molecule has 0 bridgehead atoms. The van der Waals surface area contributed by atoms with Gasteiger partial charge in [-0.1, -0.05) is 41.7 Å². The van der Waals surface area contributed by atoms with Gasteiger partial charge in [-0.25, -0.2) is 0 Å². The Morgan fingerprint density at radius 2 is 1.71 bits per heavy atom. The van der Waals surface area contributed by atoms with Gasteiger partial charge in [-0.05, 0) is 24.3 Å². The lowest BCUT2D eigenvalue weighted by Crippen LogP contribution is -2.04. The molecule has 104 valence electrons. The van der Waals surface area contributed by atoms with Crippen LogP contribution < -0.4 is 11.1 Å². The minimum atomic E-state index is -0.216. The molecule has 0 unspecified atom stereocenters. The van der Waals surface area contributed by atoms with Crippen molar-refractivity contribution < 1.29 is 4.79 Å². The smallest absolute Gasteiger partial charge is 0.225 e. The summed E-state index contributed by atoms with van der Waals surface area (Å²) < 4.78 is 0. The van der Waals surface area contributed by atoms with E-state index in [-0.39, 0.29) is 5.78 Å². The number of aromatic nitrogens is 2. The van der Waals surface area contributed by atoms with Crippen LogP contribution in [0.2, 0.25) is 0 Å². The Labute approximate surface area is 125 Å². The van der Waals surface area contributed by atoms with Crippen molar-refractivity contribution >= 4 is 33.6 Å². The van der Waals surface area contributed by atoms with Gasteiger partial charge in [0.15, 0.2) is 5.01 Å². The van der Waals surface area contributed by atoms with Gasteiger partial charge < -0.3 is 11.1 Å². The summed E-state index contributed by atoms with van der Waals surface area (Å²) in [5, 5.41) is 11.9. The van der Waals surface area contributed by atoms with E-state index in [1.54, 1.807) is 24.3 Å². The van der Waals surface area contributed by atoms with Crippen LogP contribution in [0.1, 0.15) is 15.4 Å². The number of hydrogen-bond donors (Lipinski definition) is 2. The lowest BCUT2D eigenvalue weighted by Gasteiger charge is -2.01. The summed E-state index contributed by atoms with van der Waals surface area (Å²) >= 11 is 1.20. The van der Waals surface area contributed by atoms with Crippen molar-refractivity contribution in [3.63, 3.8) is 0 Å². The lowest BCUT2D eigenvalue weighted by molar-refractivity contribution is 0.103. The van der Waals surface area contributed by atoms with E-state index in [0.717, 1.165) is 5.69 Å². The molecule has 0 spiro atoms. The summed E-state index contributed by atoms with van der Waals surface area (Å²) in [5.74, 6) is -0.216. The number of hydrogen-bond acceptors (Lipinski definition) is 6. The average molecular weight is 296 g/mol. The first-order valence-electron chi connectivity index (χ1n) is 6.29. The van der Waals surface area contributed by atoms with Gasteiger partial charge in [0, 0.05) is 16.9 Å². The highest BCUT2D eigenvalue weighted by atomic mass is 32.1. The summed E-state index contributed by atoms with van der Waals surface area (Å²) in [6, 6.07) is 16.5. The van der Waals surface area contributed by atoms with E-state index in [1.165, 1.54) is 11.3 Å². The van der Waals surface area contributed by atoms with Crippen molar-refractivity contribution in [2.75, 3.05) is 11.1 Å². The van der Waals surface area contributed by atoms with E-state index in [9.17, 15) is 4.79 Å². The number of carbonyl (C=O) groups excluding carboxylic acids is 1. The first-order valence-corrected chi connectivity index (χ1v) is 7.10. The third-order valence-corrected chi connectivity index (χ3v) is 3.69. The van der Waals surface area contributed by atoms with Crippen LogP contribution >= 0.6 is 11.3 Å². The third-order valence-electron chi connectivity index (χ3n) is 2.85. The summed E-state index contributed by atoms with van der Waals surface area (Å²) in [7, 11) is 0. The van der Waals surface area contributed by atoms with Crippen molar-refractivity contribution in [1.82, 2.24) is 10.2 Å². The highest BCUT2D eigenvalue weighted by Crippen LogP contribution is 2.23. The Hall–Kier alpha value is -2.73. The van der Waals surface area contributed by atoms with Gasteiger partial charge in [-0.2, -0.15) is 0 Å². The number of nitrogens with two attached hydrogens (primary N) is 1. The predicted octanol–water partition coefficient (Wildman–Crippen LogP) is 3.09. The van der Waals surface area contributed by atoms with E-state index in [4.69, 9.17) is 5.73 Å². The molecular formula is C15H12N4OS. The van der Waals surface area contributed by atoms with Crippen LogP contribution in [-0.2, 0) is 0 Å². The Morgan fingerprint density at radius 3 is 2.48 bits per heavy atom. The number of rotatable bonds is 4. The standard InChI is InChI=1S/C15H12N4OS/c16-12-9-5-4-8-11(12)13(20)14-18-19-15(21-14)17-10-6-2-1-3-7-10/h1-9H,16H2,(H,17,19). The van der Waals surface area contributed by atoms with Crippen molar-refractivity contribution in [3.05, 3.63) is 65.2 Å². The number of anilines is 3. The minimum Gasteiger partial charge on any atom is -0.398 e.